The molecule has 0 saturated heterocycles. The van der Waals surface area contributed by atoms with Gasteiger partial charge >= 0.3 is 0 Å². The van der Waals surface area contributed by atoms with Crippen molar-refractivity contribution < 1.29 is 4.74 Å². The molecule has 0 amide bonds. The van der Waals surface area contributed by atoms with Crippen LogP contribution in [0.3, 0.4) is 0 Å². The number of nitrogens with zero attached hydrogens (tertiary/aromatic N) is 1. The molecule has 1 heterocycles. The second-order valence-electron chi connectivity index (χ2n) is 5.03. The van der Waals surface area contributed by atoms with Crippen molar-refractivity contribution in [2.24, 2.45) is 0 Å². The maximum absolute atomic E-state index is 6.01. The lowest BCUT2D eigenvalue weighted by Gasteiger charge is -2.10. The molecule has 0 radical (unpaired) electrons. The molecule has 0 fully saturated rings. The van der Waals surface area contributed by atoms with Crippen molar-refractivity contribution in [3.63, 3.8) is 0 Å². The first kappa shape index (κ1) is 14.8. The first-order valence-corrected chi connectivity index (χ1v) is 7.04. The summed E-state index contributed by atoms with van der Waals surface area (Å²) in [6.07, 6.45) is 1.76. The van der Waals surface area contributed by atoms with Crippen LogP contribution in [0.25, 0.3) is 0 Å². The maximum Gasteiger partial charge on any atom is 0.130 e. The maximum atomic E-state index is 6.01. The first-order valence-electron chi connectivity index (χ1n) is 6.67. The number of ether oxygens (including phenoxy) is 1. The molecule has 0 aliphatic heterocycles. The van der Waals surface area contributed by atoms with Gasteiger partial charge in [0, 0.05) is 29.9 Å². The Morgan fingerprint density at radius 3 is 2.65 bits per heavy atom. The summed E-state index contributed by atoms with van der Waals surface area (Å²) in [6.45, 7) is 6.90. The normalized spacial score (nSPS) is 10.8. The van der Waals surface area contributed by atoms with E-state index in [0.717, 1.165) is 34.3 Å². The van der Waals surface area contributed by atoms with E-state index in [4.69, 9.17) is 16.3 Å². The van der Waals surface area contributed by atoms with Gasteiger partial charge in [0.2, 0.25) is 0 Å². The molecule has 3 nitrogen and oxygen atoms in total. The molecule has 0 atom stereocenters. The summed E-state index contributed by atoms with van der Waals surface area (Å²) in [4.78, 5) is 4.32. The summed E-state index contributed by atoms with van der Waals surface area (Å²) in [6, 6.07) is 9.85. The van der Waals surface area contributed by atoms with E-state index in [1.54, 1.807) is 6.20 Å². The van der Waals surface area contributed by atoms with Crippen LogP contribution in [0.15, 0.2) is 36.5 Å². The van der Waals surface area contributed by atoms with E-state index in [1.807, 2.05) is 37.3 Å². The molecule has 2 rings (SSSR count). The van der Waals surface area contributed by atoms with Gasteiger partial charge in [-0.1, -0.05) is 25.4 Å². The molecule has 2 aromatic rings. The third-order valence-corrected chi connectivity index (χ3v) is 3.27. The highest BCUT2D eigenvalue weighted by atomic mass is 35.5. The highest BCUT2D eigenvalue weighted by Gasteiger charge is 2.03. The predicted octanol–water partition coefficient (Wildman–Crippen LogP) is 4.33. The number of benzene rings is 1. The Bertz CT molecular complexity index is 584. The number of pyridine rings is 1. The zero-order chi connectivity index (χ0) is 14.5. The van der Waals surface area contributed by atoms with Gasteiger partial charge in [0.25, 0.3) is 0 Å². The van der Waals surface area contributed by atoms with Crippen molar-refractivity contribution in [1.29, 1.82) is 0 Å². The number of rotatable bonds is 5. The van der Waals surface area contributed by atoms with Gasteiger partial charge in [0.15, 0.2) is 0 Å². The minimum Gasteiger partial charge on any atom is -0.457 e. The average molecular weight is 291 g/mol. The van der Waals surface area contributed by atoms with Crippen LogP contribution in [0, 0.1) is 6.92 Å². The standard InChI is InChI=1S/C16H19ClN2O/c1-11(2)19-10-13-9-15(6-7-18-13)20-14-4-5-16(17)12(3)8-14/h4-9,11,19H,10H2,1-3H3. The van der Waals surface area contributed by atoms with Crippen LogP contribution in [0.5, 0.6) is 11.5 Å². The molecule has 1 aromatic heterocycles. The summed E-state index contributed by atoms with van der Waals surface area (Å²) >= 11 is 6.01. The van der Waals surface area contributed by atoms with Crippen molar-refractivity contribution >= 4 is 11.6 Å². The molecule has 4 heteroatoms. The largest absolute Gasteiger partial charge is 0.457 e. The van der Waals surface area contributed by atoms with Gasteiger partial charge in [-0.3, -0.25) is 4.98 Å². The number of aryl methyl sites for hydroxylation is 1. The van der Waals surface area contributed by atoms with Gasteiger partial charge in [-0.25, -0.2) is 0 Å². The Kier molecular flexibility index (Phi) is 4.99. The summed E-state index contributed by atoms with van der Waals surface area (Å²) in [5, 5.41) is 4.08. The summed E-state index contributed by atoms with van der Waals surface area (Å²) < 4.78 is 5.84. The summed E-state index contributed by atoms with van der Waals surface area (Å²) in [7, 11) is 0. The van der Waals surface area contributed by atoms with Crippen molar-refractivity contribution in [2.75, 3.05) is 0 Å². The van der Waals surface area contributed by atoms with Crippen molar-refractivity contribution in [3.05, 3.63) is 52.8 Å². The SMILES string of the molecule is Cc1cc(Oc2ccnc(CNC(C)C)c2)ccc1Cl. The predicted molar refractivity (Wildman–Crippen MR) is 82.5 cm³/mol. The third-order valence-electron chi connectivity index (χ3n) is 2.84. The number of nitrogens with one attached hydrogen (secondary N) is 1. The number of halogens is 1. The van der Waals surface area contributed by atoms with Crippen LogP contribution in [-0.2, 0) is 6.54 Å². The minimum absolute atomic E-state index is 0.431. The van der Waals surface area contributed by atoms with Crippen LogP contribution < -0.4 is 10.1 Å². The molecule has 0 spiro atoms. The van der Waals surface area contributed by atoms with E-state index in [9.17, 15) is 0 Å². The minimum atomic E-state index is 0.431. The van der Waals surface area contributed by atoms with Gasteiger partial charge < -0.3 is 10.1 Å². The van der Waals surface area contributed by atoms with Gasteiger partial charge in [-0.15, -0.1) is 0 Å². The van der Waals surface area contributed by atoms with E-state index in [-0.39, 0.29) is 0 Å². The van der Waals surface area contributed by atoms with Crippen molar-refractivity contribution in [2.45, 2.75) is 33.4 Å². The van der Waals surface area contributed by atoms with E-state index in [0.29, 0.717) is 6.04 Å². The average Bonchev–Trinajstić information content (AvgIpc) is 2.41. The fourth-order valence-electron chi connectivity index (χ4n) is 1.74. The van der Waals surface area contributed by atoms with Gasteiger partial charge in [-0.2, -0.15) is 0 Å². The smallest absolute Gasteiger partial charge is 0.130 e. The van der Waals surface area contributed by atoms with E-state index < -0.39 is 0 Å². The lowest BCUT2D eigenvalue weighted by atomic mass is 10.2. The van der Waals surface area contributed by atoms with E-state index >= 15 is 0 Å². The van der Waals surface area contributed by atoms with Gasteiger partial charge in [0.05, 0.1) is 5.69 Å². The van der Waals surface area contributed by atoms with Crippen LogP contribution >= 0.6 is 11.6 Å². The summed E-state index contributed by atoms with van der Waals surface area (Å²) in [5.41, 5.74) is 1.96. The fraction of sp³-hybridized carbons (Fsp3) is 0.312. The highest BCUT2D eigenvalue weighted by Crippen LogP contribution is 2.25. The Morgan fingerprint density at radius 2 is 1.95 bits per heavy atom. The molecule has 1 N–H and O–H groups in total. The Morgan fingerprint density at radius 1 is 1.20 bits per heavy atom. The van der Waals surface area contributed by atoms with Crippen molar-refractivity contribution in [3.8, 4) is 11.5 Å². The number of hydrogen-bond donors (Lipinski definition) is 1. The second-order valence-corrected chi connectivity index (χ2v) is 5.44. The lowest BCUT2D eigenvalue weighted by Crippen LogP contribution is -2.22. The summed E-state index contributed by atoms with van der Waals surface area (Å²) in [5.74, 6) is 1.56. The Hall–Kier alpha value is -1.58. The number of hydrogen-bond acceptors (Lipinski definition) is 3. The number of aromatic nitrogens is 1. The van der Waals surface area contributed by atoms with E-state index in [1.165, 1.54) is 0 Å². The highest BCUT2D eigenvalue weighted by molar-refractivity contribution is 6.31. The van der Waals surface area contributed by atoms with Crippen LogP contribution in [0.1, 0.15) is 25.1 Å². The lowest BCUT2D eigenvalue weighted by molar-refractivity contribution is 0.479. The zero-order valence-corrected chi connectivity index (χ0v) is 12.7. The fourth-order valence-corrected chi connectivity index (χ4v) is 1.86. The second kappa shape index (κ2) is 6.73. The van der Waals surface area contributed by atoms with Crippen molar-refractivity contribution in [1.82, 2.24) is 10.3 Å². The molecule has 106 valence electrons. The van der Waals surface area contributed by atoms with Crippen LogP contribution in [0.2, 0.25) is 5.02 Å². The van der Waals surface area contributed by atoms with Gasteiger partial charge in [0.1, 0.15) is 11.5 Å². The molecule has 0 bridgehead atoms. The molecule has 20 heavy (non-hydrogen) atoms. The van der Waals surface area contributed by atoms with Gasteiger partial charge in [-0.05, 0) is 36.8 Å². The molecular formula is C16H19ClN2O. The monoisotopic (exact) mass is 290 g/mol. The molecule has 0 aliphatic carbocycles. The van der Waals surface area contributed by atoms with E-state index in [2.05, 4.69) is 24.1 Å². The zero-order valence-electron chi connectivity index (χ0n) is 12.0. The third kappa shape index (κ3) is 4.22. The molecule has 0 aliphatic rings. The van der Waals surface area contributed by atoms with Crippen LogP contribution in [0.4, 0.5) is 0 Å². The molecule has 0 saturated carbocycles. The first-order chi connectivity index (χ1) is 9.54. The molecule has 1 aromatic carbocycles. The Labute approximate surface area is 124 Å². The molecular weight excluding hydrogens is 272 g/mol. The topological polar surface area (TPSA) is 34.1 Å². The van der Waals surface area contributed by atoms with Crippen LogP contribution in [-0.4, -0.2) is 11.0 Å². The Balaban J connectivity index is 2.08. The quantitative estimate of drug-likeness (QED) is 0.890. The molecule has 0 unspecified atom stereocenters.